The van der Waals surface area contributed by atoms with Gasteiger partial charge in [-0.05, 0) is 17.0 Å². The van der Waals surface area contributed by atoms with E-state index in [9.17, 15) is 0 Å². The van der Waals surface area contributed by atoms with Gasteiger partial charge in [-0.1, -0.05) is 62.3 Å². The zero-order valence-electron chi connectivity index (χ0n) is 19.9. The fourth-order valence-corrected chi connectivity index (χ4v) is 2.06. The summed E-state index contributed by atoms with van der Waals surface area (Å²) in [6.07, 6.45) is 14.0. The summed E-state index contributed by atoms with van der Waals surface area (Å²) in [5.41, 5.74) is 2.57. The fourth-order valence-electron chi connectivity index (χ4n) is 2.06. The van der Waals surface area contributed by atoms with Crippen LogP contribution in [0.5, 0.6) is 0 Å². The van der Waals surface area contributed by atoms with Crippen LogP contribution in [0.3, 0.4) is 0 Å². The Balaban J connectivity index is 0.000000225. The lowest BCUT2D eigenvalue weighted by Crippen LogP contribution is -2.14. The van der Waals surface area contributed by atoms with Crippen LogP contribution in [0.4, 0.5) is 0 Å². The molecule has 0 aliphatic heterocycles. The molecule has 0 radical (unpaired) electrons. The Morgan fingerprint density at radius 3 is 1.40 bits per heavy atom. The second-order valence-electron chi connectivity index (χ2n) is 10.0. The predicted molar refractivity (Wildman–Crippen MR) is 122 cm³/mol. The van der Waals surface area contributed by atoms with Crippen molar-refractivity contribution < 1.29 is 0 Å². The van der Waals surface area contributed by atoms with E-state index in [0.717, 1.165) is 11.5 Å². The van der Waals surface area contributed by atoms with E-state index in [4.69, 9.17) is 0 Å². The SMILES string of the molecule is CC(C)(C)c1cnccn1.CC(C)(C)c1cncnc1.CC(C)(C)c1ncccn1. The Morgan fingerprint density at radius 2 is 1.10 bits per heavy atom. The van der Waals surface area contributed by atoms with Crippen molar-refractivity contribution >= 4 is 0 Å². The number of hydrogen-bond donors (Lipinski definition) is 0. The molecule has 0 amide bonds. The molecule has 30 heavy (non-hydrogen) atoms. The lowest BCUT2D eigenvalue weighted by atomic mass is 9.89. The fraction of sp³-hybridized carbons (Fsp3) is 0.500. The van der Waals surface area contributed by atoms with Crippen LogP contribution in [0, 0.1) is 0 Å². The van der Waals surface area contributed by atoms with E-state index < -0.39 is 0 Å². The monoisotopic (exact) mass is 408 g/mol. The molecule has 3 aromatic heterocycles. The molecule has 0 unspecified atom stereocenters. The van der Waals surface area contributed by atoms with E-state index in [1.807, 2.05) is 18.5 Å². The maximum absolute atomic E-state index is 4.19. The average Bonchev–Trinajstić information content (AvgIpc) is 2.69. The van der Waals surface area contributed by atoms with Gasteiger partial charge in [-0.2, -0.15) is 0 Å². The molecule has 0 saturated carbocycles. The highest BCUT2D eigenvalue weighted by Gasteiger charge is 2.15. The standard InChI is InChI=1S/3C8H12N2/c1-8(2,3)7-4-9-6-10-5-7;1-8(2,3)7-6-9-4-5-10-7;1-8(2,3)7-9-5-4-6-10-7/h3*4-6H,1-3H3. The van der Waals surface area contributed by atoms with E-state index in [1.165, 1.54) is 5.56 Å². The molecule has 3 aromatic rings. The van der Waals surface area contributed by atoms with Gasteiger partial charge in [-0.15, -0.1) is 0 Å². The zero-order chi connectivity index (χ0) is 22.8. The molecule has 3 rings (SSSR count). The molecule has 0 atom stereocenters. The maximum atomic E-state index is 4.19. The van der Waals surface area contributed by atoms with Crippen molar-refractivity contribution in [3.63, 3.8) is 0 Å². The molecular weight excluding hydrogens is 372 g/mol. The van der Waals surface area contributed by atoms with E-state index in [1.54, 1.807) is 37.3 Å². The summed E-state index contributed by atoms with van der Waals surface area (Å²) in [6.45, 7) is 19.1. The van der Waals surface area contributed by atoms with Gasteiger partial charge in [-0.25, -0.2) is 19.9 Å². The third-order valence-electron chi connectivity index (χ3n) is 3.99. The van der Waals surface area contributed by atoms with Crippen LogP contribution in [0.2, 0.25) is 0 Å². The van der Waals surface area contributed by atoms with Crippen LogP contribution >= 0.6 is 0 Å². The Morgan fingerprint density at radius 1 is 0.533 bits per heavy atom. The van der Waals surface area contributed by atoms with Crippen LogP contribution in [-0.4, -0.2) is 29.9 Å². The van der Waals surface area contributed by atoms with Gasteiger partial charge in [0.25, 0.3) is 0 Å². The highest BCUT2D eigenvalue weighted by molar-refractivity contribution is 5.13. The molecule has 0 aliphatic rings. The molecule has 0 aliphatic carbocycles. The highest BCUT2D eigenvalue weighted by atomic mass is 14.9. The van der Waals surface area contributed by atoms with E-state index >= 15 is 0 Å². The minimum atomic E-state index is 0.0707. The molecule has 6 nitrogen and oxygen atoms in total. The van der Waals surface area contributed by atoms with Gasteiger partial charge in [0.1, 0.15) is 12.2 Å². The Labute approximate surface area is 181 Å². The predicted octanol–water partition coefficient (Wildman–Crippen LogP) is 5.32. The molecule has 0 saturated heterocycles. The molecule has 162 valence electrons. The van der Waals surface area contributed by atoms with Gasteiger partial charge in [0, 0.05) is 54.2 Å². The average molecular weight is 409 g/mol. The van der Waals surface area contributed by atoms with Crippen LogP contribution < -0.4 is 0 Å². The van der Waals surface area contributed by atoms with Crippen molar-refractivity contribution in [3.05, 3.63) is 72.9 Å². The first-order valence-corrected chi connectivity index (χ1v) is 10.1. The first kappa shape index (κ1) is 25.3. The Bertz CT molecular complexity index is 712. The summed E-state index contributed by atoms with van der Waals surface area (Å²) < 4.78 is 0. The molecule has 0 bridgehead atoms. The Kier molecular flexibility index (Phi) is 9.15. The largest absolute Gasteiger partial charge is 0.261 e. The van der Waals surface area contributed by atoms with Crippen molar-refractivity contribution in [3.8, 4) is 0 Å². The van der Waals surface area contributed by atoms with Gasteiger partial charge >= 0.3 is 0 Å². The normalized spacial score (nSPS) is 11.5. The van der Waals surface area contributed by atoms with E-state index in [0.29, 0.717) is 0 Å². The van der Waals surface area contributed by atoms with Gasteiger partial charge < -0.3 is 0 Å². The van der Waals surface area contributed by atoms with Gasteiger partial charge in [0.15, 0.2) is 0 Å². The quantitative estimate of drug-likeness (QED) is 0.501. The first-order valence-electron chi connectivity index (χ1n) is 10.1. The van der Waals surface area contributed by atoms with Crippen LogP contribution in [0.25, 0.3) is 0 Å². The Hall–Kier alpha value is -2.76. The van der Waals surface area contributed by atoms with Crippen molar-refractivity contribution in [1.29, 1.82) is 0 Å². The maximum Gasteiger partial charge on any atom is 0.133 e. The number of nitrogens with zero attached hydrogens (tertiary/aromatic N) is 6. The number of hydrogen-bond acceptors (Lipinski definition) is 6. The summed E-state index contributed by atoms with van der Waals surface area (Å²) in [6, 6.07) is 1.83. The van der Waals surface area contributed by atoms with Crippen LogP contribution in [0.1, 0.15) is 79.4 Å². The summed E-state index contributed by atoms with van der Waals surface area (Å²) in [5, 5.41) is 0. The van der Waals surface area contributed by atoms with Crippen molar-refractivity contribution in [1.82, 2.24) is 29.9 Å². The van der Waals surface area contributed by atoms with E-state index in [-0.39, 0.29) is 16.2 Å². The molecule has 6 heteroatoms. The second kappa shape index (κ2) is 10.9. The molecule has 0 fully saturated rings. The van der Waals surface area contributed by atoms with Crippen molar-refractivity contribution in [2.24, 2.45) is 0 Å². The first-order chi connectivity index (χ1) is 13.8. The van der Waals surface area contributed by atoms with E-state index in [2.05, 4.69) is 92.2 Å². The number of aromatic nitrogens is 6. The summed E-state index contributed by atoms with van der Waals surface area (Å²) in [4.78, 5) is 24.3. The molecular formula is C24H36N6. The minimum Gasteiger partial charge on any atom is -0.261 e. The molecule has 3 heterocycles. The number of rotatable bonds is 0. The smallest absolute Gasteiger partial charge is 0.133 e. The minimum absolute atomic E-state index is 0.0707. The van der Waals surface area contributed by atoms with Crippen LogP contribution in [0.15, 0.2) is 55.8 Å². The topological polar surface area (TPSA) is 77.3 Å². The third-order valence-corrected chi connectivity index (χ3v) is 3.99. The highest BCUT2D eigenvalue weighted by Crippen LogP contribution is 2.19. The van der Waals surface area contributed by atoms with Crippen molar-refractivity contribution in [2.75, 3.05) is 0 Å². The summed E-state index contributed by atoms with van der Waals surface area (Å²) in [5.74, 6) is 0.898. The van der Waals surface area contributed by atoms with Crippen molar-refractivity contribution in [2.45, 2.75) is 78.6 Å². The molecule has 0 spiro atoms. The van der Waals surface area contributed by atoms with Gasteiger partial charge in [-0.3, -0.25) is 9.97 Å². The lowest BCUT2D eigenvalue weighted by molar-refractivity contribution is 0.545. The van der Waals surface area contributed by atoms with Crippen LogP contribution in [-0.2, 0) is 16.2 Å². The lowest BCUT2D eigenvalue weighted by Gasteiger charge is -2.16. The summed E-state index contributed by atoms with van der Waals surface area (Å²) in [7, 11) is 0. The van der Waals surface area contributed by atoms with Gasteiger partial charge in [0.05, 0.1) is 5.69 Å². The summed E-state index contributed by atoms with van der Waals surface area (Å²) >= 11 is 0. The molecule has 0 aromatic carbocycles. The third kappa shape index (κ3) is 9.63. The van der Waals surface area contributed by atoms with Gasteiger partial charge in [0.2, 0.25) is 0 Å². The molecule has 0 N–H and O–H groups in total. The zero-order valence-corrected chi connectivity index (χ0v) is 19.9. The second-order valence-corrected chi connectivity index (χ2v) is 10.0.